The molecule has 0 aromatic heterocycles. The van der Waals surface area contributed by atoms with Crippen LogP contribution in [0.2, 0.25) is 0 Å². The maximum atomic E-state index is 10.0. The molecule has 0 aliphatic carbocycles. The number of piperidine rings is 1. The Morgan fingerprint density at radius 1 is 1.47 bits per heavy atom. The number of aliphatic hydroxyl groups excluding tert-OH is 1. The van der Waals surface area contributed by atoms with Crippen molar-refractivity contribution < 1.29 is 5.11 Å². The van der Waals surface area contributed by atoms with Crippen molar-refractivity contribution in [2.75, 3.05) is 13.1 Å². The summed E-state index contributed by atoms with van der Waals surface area (Å²) in [7, 11) is 0. The van der Waals surface area contributed by atoms with Gasteiger partial charge in [-0.2, -0.15) is 5.26 Å². The summed E-state index contributed by atoms with van der Waals surface area (Å²) in [6.07, 6.45) is 0.183. The second-order valence-electron chi connectivity index (χ2n) is 5.02. The Labute approximate surface area is 102 Å². The van der Waals surface area contributed by atoms with Crippen LogP contribution < -0.4 is 0 Å². The largest absolute Gasteiger partial charge is 0.390 e. The molecule has 1 aromatic carbocycles. The lowest BCUT2D eigenvalue weighted by Crippen LogP contribution is -2.48. The predicted octanol–water partition coefficient (Wildman–Crippen LogP) is 1.78. The first-order chi connectivity index (χ1) is 8.14. The van der Waals surface area contributed by atoms with Crippen molar-refractivity contribution in [3.05, 3.63) is 35.9 Å². The molecule has 0 bridgehead atoms. The predicted molar refractivity (Wildman–Crippen MR) is 66.1 cm³/mol. The third-order valence-electron chi connectivity index (χ3n) is 3.62. The van der Waals surface area contributed by atoms with E-state index in [-0.39, 0.29) is 0 Å². The average molecular weight is 230 g/mol. The van der Waals surface area contributed by atoms with E-state index in [2.05, 4.69) is 23.1 Å². The van der Waals surface area contributed by atoms with Crippen molar-refractivity contribution in [3.63, 3.8) is 0 Å². The summed E-state index contributed by atoms with van der Waals surface area (Å²) in [6, 6.07) is 12.5. The molecule has 2 atom stereocenters. The first-order valence-corrected chi connectivity index (χ1v) is 6.00. The lowest BCUT2D eigenvalue weighted by Gasteiger charge is -2.39. The fourth-order valence-corrected chi connectivity index (χ4v) is 2.21. The number of rotatable bonds is 2. The molecule has 1 N–H and O–H groups in total. The third-order valence-corrected chi connectivity index (χ3v) is 3.62. The molecule has 2 rings (SSSR count). The zero-order valence-corrected chi connectivity index (χ0v) is 10.1. The normalized spacial score (nSPS) is 29.8. The Kier molecular flexibility index (Phi) is 3.46. The summed E-state index contributed by atoms with van der Waals surface area (Å²) in [6.45, 7) is 4.14. The number of hydrogen-bond donors (Lipinski definition) is 1. The van der Waals surface area contributed by atoms with Crippen molar-refractivity contribution in [2.45, 2.75) is 26.0 Å². The van der Waals surface area contributed by atoms with Gasteiger partial charge in [-0.1, -0.05) is 30.3 Å². The molecule has 1 heterocycles. The summed E-state index contributed by atoms with van der Waals surface area (Å²) in [5, 5.41) is 19.1. The van der Waals surface area contributed by atoms with Gasteiger partial charge in [0.1, 0.15) is 0 Å². The zero-order chi connectivity index (χ0) is 12.3. The lowest BCUT2D eigenvalue weighted by atomic mass is 9.79. The Morgan fingerprint density at radius 2 is 2.18 bits per heavy atom. The van der Waals surface area contributed by atoms with Gasteiger partial charge in [-0.15, -0.1) is 0 Å². The first kappa shape index (κ1) is 12.1. The molecule has 1 aromatic rings. The molecule has 17 heavy (non-hydrogen) atoms. The van der Waals surface area contributed by atoms with E-state index in [1.165, 1.54) is 5.56 Å². The average Bonchev–Trinajstić information content (AvgIpc) is 2.35. The minimum atomic E-state index is -0.576. The highest BCUT2D eigenvalue weighted by molar-refractivity contribution is 5.15. The summed E-state index contributed by atoms with van der Waals surface area (Å²) in [4.78, 5) is 2.21. The fourth-order valence-electron chi connectivity index (χ4n) is 2.21. The Morgan fingerprint density at radius 3 is 2.76 bits per heavy atom. The molecule has 1 aliphatic heterocycles. The first-order valence-electron chi connectivity index (χ1n) is 6.00. The van der Waals surface area contributed by atoms with Crippen molar-refractivity contribution in [1.29, 1.82) is 5.26 Å². The Bertz CT molecular complexity index is 412. The smallest absolute Gasteiger partial charge is 0.0851 e. The SMILES string of the molecule is CC1(C#N)CCN(Cc2ccccc2)C[C@H]1O. The van der Waals surface area contributed by atoms with Crippen LogP contribution in [0.4, 0.5) is 0 Å². The molecule has 0 amide bonds. The van der Waals surface area contributed by atoms with E-state index in [0.29, 0.717) is 6.54 Å². The van der Waals surface area contributed by atoms with Crippen LogP contribution in [0.25, 0.3) is 0 Å². The van der Waals surface area contributed by atoms with E-state index in [1.54, 1.807) is 0 Å². The van der Waals surface area contributed by atoms with Gasteiger partial charge in [0.2, 0.25) is 0 Å². The van der Waals surface area contributed by atoms with Gasteiger partial charge in [-0.3, -0.25) is 4.90 Å². The van der Waals surface area contributed by atoms with Gasteiger partial charge in [0.05, 0.1) is 17.6 Å². The molecule has 0 spiro atoms. The van der Waals surface area contributed by atoms with Crippen molar-refractivity contribution in [1.82, 2.24) is 4.90 Å². The van der Waals surface area contributed by atoms with E-state index in [0.717, 1.165) is 19.5 Å². The quantitative estimate of drug-likeness (QED) is 0.842. The van der Waals surface area contributed by atoms with E-state index in [4.69, 9.17) is 5.26 Å². The monoisotopic (exact) mass is 230 g/mol. The Balaban J connectivity index is 1.97. The van der Waals surface area contributed by atoms with Crippen LogP contribution in [0, 0.1) is 16.7 Å². The highest BCUT2D eigenvalue weighted by Crippen LogP contribution is 2.30. The molecule has 1 unspecified atom stereocenters. The highest BCUT2D eigenvalue weighted by atomic mass is 16.3. The Hall–Kier alpha value is -1.37. The van der Waals surface area contributed by atoms with Crippen LogP contribution in [-0.2, 0) is 6.54 Å². The van der Waals surface area contributed by atoms with E-state index >= 15 is 0 Å². The highest BCUT2D eigenvalue weighted by Gasteiger charge is 2.38. The van der Waals surface area contributed by atoms with Crippen LogP contribution in [0.3, 0.4) is 0 Å². The standard InChI is InChI=1S/C14H18N2O/c1-14(11-15)7-8-16(10-13(14)17)9-12-5-3-2-4-6-12/h2-6,13,17H,7-10H2,1H3/t13-,14?/m1/s1. The molecule has 1 fully saturated rings. The fraction of sp³-hybridized carbons (Fsp3) is 0.500. The van der Waals surface area contributed by atoms with Gasteiger partial charge in [0.15, 0.2) is 0 Å². The third kappa shape index (κ3) is 2.66. The maximum absolute atomic E-state index is 10.0. The van der Waals surface area contributed by atoms with Gasteiger partial charge in [-0.05, 0) is 18.9 Å². The van der Waals surface area contributed by atoms with E-state index in [9.17, 15) is 5.11 Å². The zero-order valence-electron chi connectivity index (χ0n) is 10.1. The number of hydrogen-bond acceptors (Lipinski definition) is 3. The summed E-state index contributed by atoms with van der Waals surface area (Å²) in [5.74, 6) is 0. The van der Waals surface area contributed by atoms with Crippen molar-refractivity contribution in [3.8, 4) is 6.07 Å². The molecule has 0 saturated carbocycles. The van der Waals surface area contributed by atoms with Gasteiger partial charge >= 0.3 is 0 Å². The van der Waals surface area contributed by atoms with Crippen LogP contribution in [-0.4, -0.2) is 29.2 Å². The van der Waals surface area contributed by atoms with Gasteiger partial charge in [0, 0.05) is 19.6 Å². The second-order valence-corrected chi connectivity index (χ2v) is 5.02. The topological polar surface area (TPSA) is 47.3 Å². The summed E-state index contributed by atoms with van der Waals surface area (Å²) >= 11 is 0. The molecule has 90 valence electrons. The van der Waals surface area contributed by atoms with E-state index < -0.39 is 11.5 Å². The minimum Gasteiger partial charge on any atom is -0.390 e. The molecular weight excluding hydrogens is 212 g/mol. The maximum Gasteiger partial charge on any atom is 0.0851 e. The van der Waals surface area contributed by atoms with Gasteiger partial charge in [-0.25, -0.2) is 0 Å². The number of nitrogens with zero attached hydrogens (tertiary/aromatic N) is 2. The van der Waals surface area contributed by atoms with Crippen LogP contribution in [0.1, 0.15) is 18.9 Å². The van der Waals surface area contributed by atoms with Crippen LogP contribution in [0.5, 0.6) is 0 Å². The molecule has 1 aliphatic rings. The number of aliphatic hydroxyl groups is 1. The summed E-state index contributed by atoms with van der Waals surface area (Å²) < 4.78 is 0. The second kappa shape index (κ2) is 4.87. The molecule has 3 heteroatoms. The summed E-state index contributed by atoms with van der Waals surface area (Å²) in [5.41, 5.74) is 0.674. The number of nitriles is 1. The molecular formula is C14H18N2O. The van der Waals surface area contributed by atoms with Crippen molar-refractivity contribution in [2.24, 2.45) is 5.41 Å². The molecule has 1 saturated heterocycles. The lowest BCUT2D eigenvalue weighted by molar-refractivity contribution is -0.00809. The van der Waals surface area contributed by atoms with Crippen LogP contribution in [0.15, 0.2) is 30.3 Å². The van der Waals surface area contributed by atoms with E-state index in [1.807, 2.05) is 25.1 Å². The van der Waals surface area contributed by atoms with Gasteiger partial charge in [0.25, 0.3) is 0 Å². The molecule has 0 radical (unpaired) electrons. The van der Waals surface area contributed by atoms with Crippen LogP contribution >= 0.6 is 0 Å². The van der Waals surface area contributed by atoms with Crippen molar-refractivity contribution >= 4 is 0 Å². The van der Waals surface area contributed by atoms with Gasteiger partial charge < -0.3 is 5.11 Å². The number of likely N-dealkylation sites (tertiary alicyclic amines) is 1. The number of benzene rings is 1. The molecule has 3 nitrogen and oxygen atoms in total. The number of β-amino-alcohol motifs (C(OH)–C–C–N with tert-alkyl or cyclic N) is 1. The minimum absolute atomic E-state index is 0.551.